The lowest BCUT2D eigenvalue weighted by molar-refractivity contribution is 0.301. The van der Waals surface area contributed by atoms with E-state index in [1.807, 2.05) is 50.5 Å². The predicted molar refractivity (Wildman–Crippen MR) is 144 cm³/mol. The molecule has 7 nitrogen and oxygen atoms in total. The number of halogens is 3. The number of ether oxygens (including phenoxy) is 1. The molecule has 10 heteroatoms. The molecule has 38 heavy (non-hydrogen) atoms. The number of benzene rings is 2. The number of fused-ring (bicyclic) bond motifs is 1. The number of hydrogen-bond donors (Lipinski definition) is 1. The number of hydrogen-bond acceptors (Lipinski definition) is 6. The van der Waals surface area contributed by atoms with Gasteiger partial charge in [0.1, 0.15) is 29.4 Å². The summed E-state index contributed by atoms with van der Waals surface area (Å²) in [5.74, 6) is 0.0752. The Morgan fingerprint density at radius 2 is 1.82 bits per heavy atom. The number of nitrogens with zero attached hydrogens (tertiary/aromatic N) is 5. The van der Waals surface area contributed by atoms with Crippen molar-refractivity contribution in [1.82, 2.24) is 24.5 Å². The summed E-state index contributed by atoms with van der Waals surface area (Å²) in [6, 6.07) is 13.8. The van der Waals surface area contributed by atoms with Crippen LogP contribution in [0.25, 0.3) is 22.3 Å². The van der Waals surface area contributed by atoms with Gasteiger partial charge < -0.3 is 14.6 Å². The Kier molecular flexibility index (Phi) is 6.94. The van der Waals surface area contributed by atoms with E-state index >= 15 is 0 Å². The first-order chi connectivity index (χ1) is 18.2. The third kappa shape index (κ3) is 5.15. The highest BCUT2D eigenvalue weighted by Crippen LogP contribution is 2.32. The zero-order valence-corrected chi connectivity index (χ0v) is 22.0. The van der Waals surface area contributed by atoms with Crippen molar-refractivity contribution >= 4 is 34.3 Å². The third-order valence-electron chi connectivity index (χ3n) is 5.97. The zero-order valence-electron chi connectivity index (χ0n) is 21.3. The van der Waals surface area contributed by atoms with Crippen molar-refractivity contribution in [2.24, 2.45) is 0 Å². The third-order valence-corrected chi connectivity index (χ3v) is 6.26. The molecular formula is C28H25ClF2N6O. The van der Waals surface area contributed by atoms with Crippen LogP contribution in [0.5, 0.6) is 5.75 Å². The molecule has 0 radical (unpaired) electrons. The molecule has 0 aliphatic heterocycles. The lowest BCUT2D eigenvalue weighted by atomic mass is 10.1. The Hall–Kier alpha value is -4.11. The van der Waals surface area contributed by atoms with Gasteiger partial charge >= 0.3 is 0 Å². The monoisotopic (exact) mass is 534 g/mol. The maximum Gasteiger partial charge on any atom is 0.227 e. The maximum absolute atomic E-state index is 15.0. The van der Waals surface area contributed by atoms with Crippen LogP contribution in [0.15, 0.2) is 54.7 Å². The van der Waals surface area contributed by atoms with Crippen molar-refractivity contribution in [2.45, 2.75) is 40.3 Å². The Morgan fingerprint density at radius 3 is 2.55 bits per heavy atom. The fourth-order valence-electron chi connectivity index (χ4n) is 4.34. The maximum atomic E-state index is 15.0. The summed E-state index contributed by atoms with van der Waals surface area (Å²) in [6.45, 7) is 7.96. The minimum atomic E-state index is -0.673. The molecule has 0 saturated heterocycles. The SMILES string of the molecule is Cc1cccc(COc2ccc(Nc3ncc(F)c(-c4cc(F)c5nc(C)n(C(C)C)c5c4)n3)cc2Cl)n1. The van der Waals surface area contributed by atoms with Crippen LogP contribution in [-0.4, -0.2) is 24.5 Å². The number of anilines is 2. The Bertz CT molecular complexity index is 1650. The molecule has 0 amide bonds. The fraction of sp³-hybridized carbons (Fsp3) is 0.214. The molecule has 0 aliphatic carbocycles. The first kappa shape index (κ1) is 25.5. The summed E-state index contributed by atoms with van der Waals surface area (Å²) >= 11 is 6.42. The average molecular weight is 535 g/mol. The van der Waals surface area contributed by atoms with Crippen LogP contribution >= 0.6 is 11.6 Å². The van der Waals surface area contributed by atoms with Crippen molar-refractivity contribution in [1.29, 1.82) is 0 Å². The zero-order chi connectivity index (χ0) is 27.0. The summed E-state index contributed by atoms with van der Waals surface area (Å²) in [6.07, 6.45) is 1.05. The number of aromatic nitrogens is 5. The van der Waals surface area contributed by atoms with Gasteiger partial charge in [0.15, 0.2) is 11.6 Å². The van der Waals surface area contributed by atoms with Crippen molar-refractivity contribution < 1.29 is 13.5 Å². The molecular weight excluding hydrogens is 510 g/mol. The van der Waals surface area contributed by atoms with Crippen LogP contribution in [0.3, 0.4) is 0 Å². The van der Waals surface area contributed by atoms with E-state index in [0.717, 1.165) is 17.6 Å². The number of imidazole rings is 1. The fourth-order valence-corrected chi connectivity index (χ4v) is 4.58. The minimum Gasteiger partial charge on any atom is -0.486 e. The van der Waals surface area contributed by atoms with Crippen LogP contribution in [0.1, 0.15) is 37.1 Å². The summed E-state index contributed by atoms with van der Waals surface area (Å²) in [4.78, 5) is 17.1. The molecule has 0 aliphatic rings. The smallest absolute Gasteiger partial charge is 0.227 e. The second-order valence-electron chi connectivity index (χ2n) is 9.17. The molecule has 194 valence electrons. The van der Waals surface area contributed by atoms with Crippen molar-refractivity contribution in [3.63, 3.8) is 0 Å². The normalized spacial score (nSPS) is 11.4. The summed E-state index contributed by atoms with van der Waals surface area (Å²) in [5.41, 5.74) is 3.32. The number of rotatable bonds is 7. The van der Waals surface area contributed by atoms with E-state index in [2.05, 4.69) is 25.3 Å². The van der Waals surface area contributed by atoms with E-state index in [-0.39, 0.29) is 35.4 Å². The highest BCUT2D eigenvalue weighted by Gasteiger charge is 2.18. The van der Waals surface area contributed by atoms with Gasteiger partial charge in [-0.2, -0.15) is 0 Å². The van der Waals surface area contributed by atoms with Gasteiger partial charge in [0.25, 0.3) is 0 Å². The summed E-state index contributed by atoms with van der Waals surface area (Å²) in [5, 5.41) is 3.39. The van der Waals surface area contributed by atoms with Crippen LogP contribution in [-0.2, 0) is 6.61 Å². The topological polar surface area (TPSA) is 77.8 Å². The van der Waals surface area contributed by atoms with Crippen molar-refractivity contribution in [2.75, 3.05) is 5.32 Å². The lowest BCUT2D eigenvalue weighted by Gasteiger charge is -2.13. The van der Waals surface area contributed by atoms with Crippen molar-refractivity contribution in [3.8, 4) is 17.0 Å². The molecule has 5 rings (SSSR count). The van der Waals surface area contributed by atoms with Crippen LogP contribution in [0.2, 0.25) is 5.02 Å². The Morgan fingerprint density at radius 1 is 1.00 bits per heavy atom. The standard InChI is InChI=1S/C28H25ClF2N6O/c1-15(2)37-17(4)34-27-22(30)10-18(11-24(27)37)26-23(31)13-32-28(36-26)35-19-8-9-25(21(29)12-19)38-14-20-7-5-6-16(3)33-20/h5-13,15H,14H2,1-4H3,(H,32,35,36). The van der Waals surface area contributed by atoms with Gasteiger partial charge in [-0.15, -0.1) is 0 Å². The van der Waals surface area contributed by atoms with Gasteiger partial charge in [-0.3, -0.25) is 4.98 Å². The Balaban J connectivity index is 1.40. The summed E-state index contributed by atoms with van der Waals surface area (Å²) in [7, 11) is 0. The van der Waals surface area contributed by atoms with Crippen LogP contribution in [0, 0.1) is 25.5 Å². The molecule has 3 aromatic heterocycles. The first-order valence-electron chi connectivity index (χ1n) is 12.0. The lowest BCUT2D eigenvalue weighted by Crippen LogP contribution is -2.04. The second kappa shape index (κ2) is 10.3. The first-order valence-corrected chi connectivity index (χ1v) is 12.4. The van der Waals surface area contributed by atoms with E-state index in [1.165, 1.54) is 6.07 Å². The minimum absolute atomic E-state index is 0.0332. The molecule has 0 unspecified atom stereocenters. The molecule has 1 N–H and O–H groups in total. The van der Waals surface area contributed by atoms with Crippen LogP contribution in [0.4, 0.5) is 20.4 Å². The van der Waals surface area contributed by atoms with E-state index in [1.54, 1.807) is 24.3 Å². The molecule has 0 saturated carbocycles. The molecule has 0 atom stereocenters. The van der Waals surface area contributed by atoms with Gasteiger partial charge in [-0.1, -0.05) is 17.7 Å². The number of aryl methyl sites for hydroxylation is 2. The largest absolute Gasteiger partial charge is 0.486 e. The van der Waals surface area contributed by atoms with Gasteiger partial charge in [0.2, 0.25) is 5.95 Å². The van der Waals surface area contributed by atoms with E-state index in [0.29, 0.717) is 27.8 Å². The number of nitrogens with one attached hydrogen (secondary N) is 1. The molecule has 0 spiro atoms. The number of pyridine rings is 1. The molecule has 0 fully saturated rings. The second-order valence-corrected chi connectivity index (χ2v) is 9.58. The molecule has 0 bridgehead atoms. The van der Waals surface area contributed by atoms with E-state index < -0.39 is 11.6 Å². The van der Waals surface area contributed by atoms with Crippen LogP contribution < -0.4 is 10.1 Å². The van der Waals surface area contributed by atoms with Gasteiger partial charge in [-0.05, 0) is 70.2 Å². The quantitative estimate of drug-likeness (QED) is 0.235. The highest BCUT2D eigenvalue weighted by atomic mass is 35.5. The molecule has 5 aromatic rings. The predicted octanol–water partition coefficient (Wildman–Crippen LogP) is 7.34. The van der Waals surface area contributed by atoms with Gasteiger partial charge in [-0.25, -0.2) is 23.7 Å². The van der Waals surface area contributed by atoms with Gasteiger partial charge in [0.05, 0.1) is 22.4 Å². The molecule has 3 heterocycles. The molecule has 2 aromatic carbocycles. The average Bonchev–Trinajstić information content (AvgIpc) is 3.21. The van der Waals surface area contributed by atoms with E-state index in [9.17, 15) is 8.78 Å². The summed E-state index contributed by atoms with van der Waals surface area (Å²) < 4.78 is 37.5. The van der Waals surface area contributed by atoms with Crippen molar-refractivity contribution in [3.05, 3.63) is 88.6 Å². The van der Waals surface area contributed by atoms with Gasteiger partial charge in [0, 0.05) is 23.0 Å². The van der Waals surface area contributed by atoms with E-state index in [4.69, 9.17) is 16.3 Å². The Labute approximate surface area is 223 Å². The highest BCUT2D eigenvalue weighted by molar-refractivity contribution is 6.32.